The van der Waals surface area contributed by atoms with Gasteiger partial charge in [-0.2, -0.15) is 11.8 Å². The zero-order chi connectivity index (χ0) is 14.8. The summed E-state index contributed by atoms with van der Waals surface area (Å²) in [6, 6.07) is 0. The third kappa shape index (κ3) is 5.26. The molecule has 1 N–H and O–H groups in total. The van der Waals surface area contributed by atoms with Crippen LogP contribution in [0.5, 0.6) is 0 Å². The first-order valence-electron chi connectivity index (χ1n) is 7.70. The molecule has 0 aliphatic heterocycles. The van der Waals surface area contributed by atoms with E-state index in [1.54, 1.807) is 7.11 Å². The SMILES string of the molecule is CCCNC(CSCCCOC)(C(=O)OCC)C1CC1. The quantitative estimate of drug-likeness (QED) is 0.443. The maximum atomic E-state index is 12.4. The summed E-state index contributed by atoms with van der Waals surface area (Å²) in [7, 11) is 1.72. The number of rotatable bonds is 12. The summed E-state index contributed by atoms with van der Waals surface area (Å²) in [6.45, 7) is 6.11. The van der Waals surface area contributed by atoms with E-state index in [1.165, 1.54) is 0 Å². The Labute approximate surface area is 127 Å². The highest BCUT2D eigenvalue weighted by Crippen LogP contribution is 2.42. The molecule has 0 aromatic carbocycles. The molecule has 0 aromatic rings. The summed E-state index contributed by atoms with van der Waals surface area (Å²) in [4.78, 5) is 12.4. The highest BCUT2D eigenvalue weighted by atomic mass is 32.2. The van der Waals surface area contributed by atoms with Gasteiger partial charge >= 0.3 is 5.97 Å². The fourth-order valence-electron chi connectivity index (χ4n) is 2.33. The average molecular weight is 303 g/mol. The number of carbonyl (C=O) groups is 1. The van der Waals surface area contributed by atoms with Gasteiger partial charge < -0.3 is 14.8 Å². The molecule has 1 saturated carbocycles. The molecule has 0 heterocycles. The van der Waals surface area contributed by atoms with Crippen molar-refractivity contribution in [2.75, 3.05) is 38.4 Å². The molecule has 1 atom stereocenters. The van der Waals surface area contributed by atoms with Gasteiger partial charge in [0, 0.05) is 19.5 Å². The van der Waals surface area contributed by atoms with E-state index in [-0.39, 0.29) is 5.97 Å². The molecule has 0 bridgehead atoms. The van der Waals surface area contributed by atoms with Crippen molar-refractivity contribution in [1.29, 1.82) is 0 Å². The summed E-state index contributed by atoms with van der Waals surface area (Å²) < 4.78 is 10.4. The molecule has 1 rings (SSSR count). The van der Waals surface area contributed by atoms with Crippen molar-refractivity contribution < 1.29 is 14.3 Å². The molecule has 0 radical (unpaired) electrons. The van der Waals surface area contributed by atoms with Gasteiger partial charge in [-0.25, -0.2) is 0 Å². The van der Waals surface area contributed by atoms with Crippen LogP contribution in [-0.2, 0) is 14.3 Å². The molecule has 0 amide bonds. The molecule has 1 fully saturated rings. The van der Waals surface area contributed by atoms with Crippen LogP contribution < -0.4 is 5.32 Å². The minimum atomic E-state index is -0.468. The number of nitrogens with one attached hydrogen (secondary N) is 1. The van der Waals surface area contributed by atoms with Gasteiger partial charge in [0.1, 0.15) is 5.54 Å². The van der Waals surface area contributed by atoms with Crippen LogP contribution in [0.3, 0.4) is 0 Å². The largest absolute Gasteiger partial charge is 0.465 e. The van der Waals surface area contributed by atoms with Gasteiger partial charge in [0.2, 0.25) is 0 Å². The molecule has 20 heavy (non-hydrogen) atoms. The van der Waals surface area contributed by atoms with Crippen LogP contribution in [0.25, 0.3) is 0 Å². The summed E-state index contributed by atoms with van der Waals surface area (Å²) in [5.41, 5.74) is -0.468. The second-order valence-electron chi connectivity index (χ2n) is 5.29. The first kappa shape index (κ1) is 17.8. The standard InChI is InChI=1S/C15H29NO3S/c1-4-9-16-15(13-7-8-13,14(17)19-5-2)12-20-11-6-10-18-3/h13,16H,4-12H2,1-3H3. The number of esters is 1. The van der Waals surface area contributed by atoms with Gasteiger partial charge in [-0.15, -0.1) is 0 Å². The minimum absolute atomic E-state index is 0.0600. The smallest absolute Gasteiger partial charge is 0.327 e. The monoisotopic (exact) mass is 303 g/mol. The van der Waals surface area contributed by atoms with Gasteiger partial charge in [0.25, 0.3) is 0 Å². The normalized spacial score (nSPS) is 17.8. The third-order valence-corrected chi connectivity index (χ3v) is 4.81. The predicted molar refractivity (Wildman–Crippen MR) is 84.2 cm³/mol. The number of hydrogen-bond acceptors (Lipinski definition) is 5. The zero-order valence-corrected chi connectivity index (χ0v) is 13.9. The Morgan fingerprint density at radius 3 is 2.70 bits per heavy atom. The van der Waals surface area contributed by atoms with E-state index in [0.717, 1.165) is 50.3 Å². The van der Waals surface area contributed by atoms with E-state index in [1.807, 2.05) is 18.7 Å². The van der Waals surface area contributed by atoms with Crippen molar-refractivity contribution in [1.82, 2.24) is 5.32 Å². The van der Waals surface area contributed by atoms with Crippen molar-refractivity contribution in [3.63, 3.8) is 0 Å². The maximum Gasteiger partial charge on any atom is 0.327 e. The number of ether oxygens (including phenoxy) is 2. The van der Waals surface area contributed by atoms with Crippen LogP contribution in [-0.4, -0.2) is 49.9 Å². The van der Waals surface area contributed by atoms with Crippen molar-refractivity contribution in [2.24, 2.45) is 5.92 Å². The Morgan fingerprint density at radius 1 is 1.40 bits per heavy atom. The zero-order valence-electron chi connectivity index (χ0n) is 13.1. The Hall–Kier alpha value is -0.260. The molecule has 118 valence electrons. The average Bonchev–Trinajstić information content (AvgIpc) is 3.27. The topological polar surface area (TPSA) is 47.6 Å². The van der Waals surface area contributed by atoms with E-state index in [2.05, 4.69) is 12.2 Å². The minimum Gasteiger partial charge on any atom is -0.465 e. The third-order valence-electron chi connectivity index (χ3n) is 3.57. The lowest BCUT2D eigenvalue weighted by atomic mass is 9.95. The van der Waals surface area contributed by atoms with E-state index in [0.29, 0.717) is 12.5 Å². The van der Waals surface area contributed by atoms with Crippen molar-refractivity contribution in [2.45, 2.75) is 45.1 Å². The Kier molecular flexibility index (Phi) is 8.57. The number of carbonyl (C=O) groups excluding carboxylic acids is 1. The Balaban J connectivity index is 2.57. The van der Waals surface area contributed by atoms with Crippen LogP contribution >= 0.6 is 11.8 Å². The molecule has 0 spiro atoms. The molecule has 4 nitrogen and oxygen atoms in total. The molecule has 5 heteroatoms. The van der Waals surface area contributed by atoms with E-state index in [4.69, 9.17) is 9.47 Å². The van der Waals surface area contributed by atoms with Crippen molar-refractivity contribution in [3.05, 3.63) is 0 Å². The first-order valence-corrected chi connectivity index (χ1v) is 8.85. The lowest BCUT2D eigenvalue weighted by Crippen LogP contribution is -2.57. The van der Waals surface area contributed by atoms with Crippen LogP contribution in [0.15, 0.2) is 0 Å². The van der Waals surface area contributed by atoms with Gasteiger partial charge in [0.15, 0.2) is 0 Å². The molecular weight excluding hydrogens is 274 g/mol. The highest BCUT2D eigenvalue weighted by Gasteiger charge is 2.51. The van der Waals surface area contributed by atoms with E-state index in [9.17, 15) is 4.79 Å². The number of methoxy groups -OCH3 is 1. The van der Waals surface area contributed by atoms with Gasteiger partial charge in [-0.1, -0.05) is 6.92 Å². The molecule has 0 saturated heterocycles. The molecule has 0 aromatic heterocycles. The van der Waals surface area contributed by atoms with E-state index < -0.39 is 5.54 Å². The summed E-state index contributed by atoms with van der Waals surface area (Å²) in [6.07, 6.45) is 4.32. The van der Waals surface area contributed by atoms with Crippen LogP contribution in [0.1, 0.15) is 39.5 Å². The lowest BCUT2D eigenvalue weighted by molar-refractivity contribution is -0.151. The van der Waals surface area contributed by atoms with Gasteiger partial charge in [-0.3, -0.25) is 4.79 Å². The van der Waals surface area contributed by atoms with Crippen molar-refractivity contribution in [3.8, 4) is 0 Å². The fourth-order valence-corrected chi connectivity index (χ4v) is 3.58. The molecular formula is C15H29NO3S. The molecule has 1 aliphatic carbocycles. The lowest BCUT2D eigenvalue weighted by Gasteiger charge is -2.32. The number of hydrogen-bond donors (Lipinski definition) is 1. The predicted octanol–water partition coefficient (Wildman–Crippen LogP) is 2.47. The molecule has 1 aliphatic rings. The summed E-state index contributed by atoms with van der Waals surface area (Å²) in [5.74, 6) is 2.22. The second-order valence-corrected chi connectivity index (χ2v) is 6.40. The molecule has 1 unspecified atom stereocenters. The van der Waals surface area contributed by atoms with E-state index >= 15 is 0 Å². The van der Waals surface area contributed by atoms with Gasteiger partial charge in [0.05, 0.1) is 6.61 Å². The fraction of sp³-hybridized carbons (Fsp3) is 0.933. The van der Waals surface area contributed by atoms with Crippen LogP contribution in [0, 0.1) is 5.92 Å². The summed E-state index contributed by atoms with van der Waals surface area (Å²) in [5, 5.41) is 3.49. The first-order chi connectivity index (χ1) is 9.71. The Morgan fingerprint density at radius 2 is 2.15 bits per heavy atom. The van der Waals surface area contributed by atoms with Gasteiger partial charge in [-0.05, 0) is 50.8 Å². The van der Waals surface area contributed by atoms with Crippen LogP contribution in [0.2, 0.25) is 0 Å². The van der Waals surface area contributed by atoms with Crippen molar-refractivity contribution >= 4 is 17.7 Å². The number of thioether (sulfide) groups is 1. The Bertz CT molecular complexity index is 284. The van der Waals surface area contributed by atoms with Crippen LogP contribution in [0.4, 0.5) is 0 Å². The second kappa shape index (κ2) is 9.64. The maximum absolute atomic E-state index is 12.4. The highest BCUT2D eigenvalue weighted by molar-refractivity contribution is 7.99. The summed E-state index contributed by atoms with van der Waals surface area (Å²) >= 11 is 1.83.